The lowest BCUT2D eigenvalue weighted by Gasteiger charge is -2.32. The molecular formula is C19H20FN3O3. The molecule has 0 aliphatic carbocycles. The fraction of sp³-hybridized carbons (Fsp3) is 0.316. The maximum absolute atomic E-state index is 13.6. The van der Waals surface area contributed by atoms with Crippen LogP contribution in [0.25, 0.3) is 0 Å². The summed E-state index contributed by atoms with van der Waals surface area (Å²) in [6.07, 6.45) is 1.60. The fourth-order valence-corrected chi connectivity index (χ4v) is 3.20. The maximum atomic E-state index is 13.6. The molecule has 1 aliphatic rings. The number of nitrogens with zero attached hydrogens (tertiary/aromatic N) is 2. The number of carbonyl (C=O) groups is 1. The second kappa shape index (κ2) is 7.95. The number of anilines is 1. The average Bonchev–Trinajstić information content (AvgIpc) is 2.66. The van der Waals surface area contributed by atoms with Crippen LogP contribution in [-0.2, 0) is 0 Å². The molecule has 1 aliphatic heterocycles. The number of nitro groups is 1. The van der Waals surface area contributed by atoms with Crippen LogP contribution >= 0.6 is 0 Å². The monoisotopic (exact) mass is 357 g/mol. The molecule has 0 unspecified atom stereocenters. The molecular weight excluding hydrogens is 337 g/mol. The molecule has 2 aromatic carbocycles. The van der Waals surface area contributed by atoms with Crippen LogP contribution in [0.2, 0.25) is 0 Å². The highest BCUT2D eigenvalue weighted by molar-refractivity contribution is 5.94. The zero-order valence-electron chi connectivity index (χ0n) is 14.2. The molecule has 1 fully saturated rings. The number of hydrogen-bond donors (Lipinski definition) is 1. The van der Waals surface area contributed by atoms with Gasteiger partial charge in [0.2, 0.25) is 5.82 Å². The maximum Gasteiger partial charge on any atom is 0.327 e. The standard InChI is InChI=1S/C19H20FN3O3/c20-16-7-4-8-17(18(16)23(25)26)21-13-14-9-11-22(12-10-14)19(24)15-5-2-1-3-6-15/h1-8,14,21H,9-13H2. The Balaban J connectivity index is 1.55. The minimum absolute atomic E-state index is 0.0257. The Bertz CT molecular complexity index is 790. The number of piperidine rings is 1. The van der Waals surface area contributed by atoms with Crippen molar-refractivity contribution in [3.8, 4) is 0 Å². The van der Waals surface area contributed by atoms with Gasteiger partial charge in [-0.3, -0.25) is 14.9 Å². The molecule has 0 atom stereocenters. The predicted molar refractivity (Wildman–Crippen MR) is 96.6 cm³/mol. The first-order chi connectivity index (χ1) is 12.6. The van der Waals surface area contributed by atoms with Crippen molar-refractivity contribution in [2.24, 2.45) is 5.92 Å². The van der Waals surface area contributed by atoms with Crippen molar-refractivity contribution in [1.29, 1.82) is 0 Å². The summed E-state index contributed by atoms with van der Waals surface area (Å²) >= 11 is 0. The topological polar surface area (TPSA) is 75.5 Å². The van der Waals surface area contributed by atoms with E-state index in [1.165, 1.54) is 12.1 Å². The molecule has 26 heavy (non-hydrogen) atoms. The Kier molecular flexibility index (Phi) is 5.46. The smallest absolute Gasteiger partial charge is 0.327 e. The molecule has 1 amide bonds. The number of rotatable bonds is 5. The third-order valence-electron chi connectivity index (χ3n) is 4.67. The number of likely N-dealkylation sites (tertiary alicyclic amines) is 1. The van der Waals surface area contributed by atoms with Crippen molar-refractivity contribution in [1.82, 2.24) is 4.90 Å². The van der Waals surface area contributed by atoms with Crippen LogP contribution in [0, 0.1) is 21.8 Å². The van der Waals surface area contributed by atoms with Crippen molar-refractivity contribution in [2.75, 3.05) is 25.0 Å². The first-order valence-corrected chi connectivity index (χ1v) is 8.57. The Labute approximate surface area is 150 Å². The molecule has 0 saturated carbocycles. The zero-order valence-corrected chi connectivity index (χ0v) is 14.2. The summed E-state index contributed by atoms with van der Waals surface area (Å²) < 4.78 is 13.6. The van der Waals surface area contributed by atoms with Gasteiger partial charge in [-0.2, -0.15) is 4.39 Å². The van der Waals surface area contributed by atoms with Gasteiger partial charge in [0.15, 0.2) is 0 Å². The van der Waals surface area contributed by atoms with E-state index in [1.54, 1.807) is 12.1 Å². The predicted octanol–water partition coefficient (Wildman–Crippen LogP) is 3.70. The zero-order chi connectivity index (χ0) is 18.5. The number of hydrogen-bond acceptors (Lipinski definition) is 4. The first kappa shape index (κ1) is 17.8. The number of nitro benzene ring substituents is 1. The summed E-state index contributed by atoms with van der Waals surface area (Å²) in [6.45, 7) is 1.80. The number of nitrogens with one attached hydrogen (secondary N) is 1. The second-order valence-corrected chi connectivity index (χ2v) is 6.38. The van der Waals surface area contributed by atoms with Crippen LogP contribution in [0.1, 0.15) is 23.2 Å². The van der Waals surface area contributed by atoms with Crippen molar-refractivity contribution >= 4 is 17.3 Å². The molecule has 136 valence electrons. The minimum atomic E-state index is -0.844. The highest BCUT2D eigenvalue weighted by atomic mass is 19.1. The second-order valence-electron chi connectivity index (χ2n) is 6.38. The number of halogens is 1. The number of carbonyl (C=O) groups excluding carboxylic acids is 1. The van der Waals surface area contributed by atoms with E-state index in [0.717, 1.165) is 18.9 Å². The quantitative estimate of drug-likeness (QED) is 0.654. The van der Waals surface area contributed by atoms with Crippen molar-refractivity contribution in [2.45, 2.75) is 12.8 Å². The van der Waals surface area contributed by atoms with Gasteiger partial charge in [-0.1, -0.05) is 24.3 Å². The molecule has 0 aromatic heterocycles. The van der Waals surface area contributed by atoms with Gasteiger partial charge in [-0.15, -0.1) is 0 Å². The summed E-state index contributed by atoms with van der Waals surface area (Å²) in [6, 6.07) is 13.2. The van der Waals surface area contributed by atoms with E-state index >= 15 is 0 Å². The van der Waals surface area contributed by atoms with E-state index in [9.17, 15) is 19.3 Å². The summed E-state index contributed by atoms with van der Waals surface area (Å²) in [5.74, 6) is -0.543. The van der Waals surface area contributed by atoms with Crippen LogP contribution in [0.3, 0.4) is 0 Å². The van der Waals surface area contributed by atoms with Crippen LogP contribution < -0.4 is 5.32 Å². The lowest BCUT2D eigenvalue weighted by molar-refractivity contribution is -0.386. The molecule has 1 saturated heterocycles. The molecule has 6 nitrogen and oxygen atoms in total. The Morgan fingerprint density at radius 2 is 1.85 bits per heavy atom. The average molecular weight is 357 g/mol. The van der Waals surface area contributed by atoms with Crippen LogP contribution in [-0.4, -0.2) is 35.4 Å². The summed E-state index contributed by atoms with van der Waals surface area (Å²) in [5.41, 5.74) is 0.349. The van der Waals surface area contributed by atoms with E-state index in [2.05, 4.69) is 5.32 Å². The Morgan fingerprint density at radius 3 is 2.50 bits per heavy atom. The summed E-state index contributed by atoms with van der Waals surface area (Å²) in [4.78, 5) is 24.6. The van der Waals surface area contributed by atoms with Crippen molar-refractivity contribution < 1.29 is 14.1 Å². The normalized spacial score (nSPS) is 14.9. The van der Waals surface area contributed by atoms with E-state index in [4.69, 9.17) is 0 Å². The molecule has 3 rings (SSSR count). The molecule has 1 heterocycles. The first-order valence-electron chi connectivity index (χ1n) is 8.57. The van der Waals surface area contributed by atoms with Gasteiger partial charge < -0.3 is 10.2 Å². The van der Waals surface area contributed by atoms with E-state index < -0.39 is 16.4 Å². The third kappa shape index (κ3) is 3.99. The largest absolute Gasteiger partial charge is 0.379 e. The van der Waals surface area contributed by atoms with Gasteiger partial charge in [0.25, 0.3) is 5.91 Å². The van der Waals surface area contributed by atoms with E-state index in [-0.39, 0.29) is 17.5 Å². The lowest BCUT2D eigenvalue weighted by atomic mass is 9.96. The van der Waals surface area contributed by atoms with E-state index in [1.807, 2.05) is 23.1 Å². The molecule has 1 N–H and O–H groups in total. The van der Waals surface area contributed by atoms with Crippen LogP contribution in [0.15, 0.2) is 48.5 Å². The van der Waals surface area contributed by atoms with Gasteiger partial charge in [-0.25, -0.2) is 0 Å². The van der Waals surface area contributed by atoms with Crippen molar-refractivity contribution in [3.05, 3.63) is 70.0 Å². The van der Waals surface area contributed by atoms with Gasteiger partial charge in [-0.05, 0) is 43.0 Å². The molecule has 0 bridgehead atoms. The van der Waals surface area contributed by atoms with Gasteiger partial charge in [0.05, 0.1) is 4.92 Å². The minimum Gasteiger partial charge on any atom is -0.379 e. The molecule has 0 spiro atoms. The van der Waals surface area contributed by atoms with Gasteiger partial charge in [0, 0.05) is 25.2 Å². The summed E-state index contributed by atoms with van der Waals surface area (Å²) in [7, 11) is 0. The molecule has 0 radical (unpaired) electrons. The third-order valence-corrected chi connectivity index (χ3v) is 4.67. The Morgan fingerprint density at radius 1 is 1.15 bits per heavy atom. The van der Waals surface area contributed by atoms with Crippen LogP contribution in [0.4, 0.5) is 15.8 Å². The van der Waals surface area contributed by atoms with Gasteiger partial charge in [0.1, 0.15) is 5.69 Å². The molecule has 7 heteroatoms. The highest BCUT2D eigenvalue weighted by Gasteiger charge is 2.25. The lowest BCUT2D eigenvalue weighted by Crippen LogP contribution is -2.39. The number of benzene rings is 2. The number of para-hydroxylation sites is 1. The highest BCUT2D eigenvalue weighted by Crippen LogP contribution is 2.28. The fourth-order valence-electron chi connectivity index (χ4n) is 3.20. The number of amides is 1. The van der Waals surface area contributed by atoms with Crippen LogP contribution in [0.5, 0.6) is 0 Å². The Hall–Kier alpha value is -2.96. The SMILES string of the molecule is O=C(c1ccccc1)N1CCC(CNc2cccc(F)c2[N+](=O)[O-])CC1. The van der Waals surface area contributed by atoms with E-state index in [0.29, 0.717) is 25.2 Å². The van der Waals surface area contributed by atoms with Crippen molar-refractivity contribution in [3.63, 3.8) is 0 Å². The molecule has 2 aromatic rings. The van der Waals surface area contributed by atoms with Gasteiger partial charge >= 0.3 is 5.69 Å². The summed E-state index contributed by atoms with van der Waals surface area (Å²) in [5, 5.41) is 14.0.